The maximum atomic E-state index is 10.7. The predicted molar refractivity (Wildman–Crippen MR) is 84.3 cm³/mol. The Morgan fingerprint density at radius 1 is 1.60 bits per heavy atom. The number of ether oxygens (including phenoxy) is 1. The van der Waals surface area contributed by atoms with Crippen molar-refractivity contribution in [1.82, 2.24) is 9.78 Å². The third-order valence-corrected chi connectivity index (χ3v) is 3.96. The summed E-state index contributed by atoms with van der Waals surface area (Å²) in [6, 6.07) is 0. The van der Waals surface area contributed by atoms with E-state index in [2.05, 4.69) is 10.4 Å². The largest absolute Gasteiger partial charge is 0.471 e. The van der Waals surface area contributed by atoms with Gasteiger partial charge in [0.25, 0.3) is 5.88 Å². The molecule has 1 aliphatic rings. The number of aliphatic hydroxyl groups excluding tert-OH is 1. The zero-order chi connectivity index (χ0) is 15.1. The molecule has 1 saturated carbocycles. The van der Waals surface area contributed by atoms with Crippen molar-refractivity contribution in [3.05, 3.63) is 6.20 Å². The highest BCUT2D eigenvalue weighted by Gasteiger charge is 2.49. The fraction of sp³-hybridized carbons (Fsp3) is 0.636. The van der Waals surface area contributed by atoms with Crippen LogP contribution in [0.1, 0.15) is 20.3 Å². The second kappa shape index (κ2) is 4.88. The van der Waals surface area contributed by atoms with E-state index in [0.717, 1.165) is 0 Å². The first kappa shape index (κ1) is 15.0. The molecule has 1 fully saturated rings. The minimum Gasteiger partial charge on any atom is -0.471 e. The molecule has 1 aliphatic carbocycles. The van der Waals surface area contributed by atoms with Crippen molar-refractivity contribution in [3.8, 4) is 5.88 Å². The molecule has 1 aromatic heterocycles. The number of rotatable bonds is 5. The van der Waals surface area contributed by atoms with Gasteiger partial charge in [0, 0.05) is 11.8 Å². The van der Waals surface area contributed by atoms with E-state index in [1.54, 1.807) is 10.9 Å². The topological polar surface area (TPSA) is 76.4 Å². The lowest BCUT2D eigenvalue weighted by Gasteiger charge is -2.48. The van der Waals surface area contributed by atoms with E-state index >= 15 is 0 Å². The average molecular weight is 275 g/mol. The van der Waals surface area contributed by atoms with Gasteiger partial charge in [-0.15, -0.1) is 5.10 Å². The quantitative estimate of drug-likeness (QED) is 0.458. The molecule has 1 aromatic rings. The van der Waals surface area contributed by atoms with Crippen molar-refractivity contribution in [3.63, 3.8) is 0 Å². The summed E-state index contributed by atoms with van der Waals surface area (Å²) >= 11 is 0. The van der Waals surface area contributed by atoms with Crippen LogP contribution in [-0.2, 0) is 10.0 Å². The standard InChI is InChI=1S/C11H20B3N3O3/c1-10(2)7(19)3-8(10)20-9-6(15-5-18)4-17(16-9)11(12,13)14/h4-5,7-8,19H,3,12-14H2,1-2H3,(H,15,18). The highest BCUT2D eigenvalue weighted by molar-refractivity contribution is 6.56. The van der Waals surface area contributed by atoms with Crippen LogP contribution < -0.4 is 10.1 Å². The number of aromatic nitrogens is 2. The molecular formula is C11H20B3N3O3. The van der Waals surface area contributed by atoms with Crippen molar-refractivity contribution >= 4 is 35.6 Å². The summed E-state index contributed by atoms with van der Waals surface area (Å²) in [5.41, 5.74) is 0.247. The van der Waals surface area contributed by atoms with E-state index in [9.17, 15) is 9.90 Å². The predicted octanol–water partition coefficient (Wildman–Crippen LogP) is -2.54. The number of nitrogens with zero attached hydrogens (tertiary/aromatic N) is 2. The summed E-state index contributed by atoms with van der Waals surface area (Å²) in [6.45, 7) is 3.92. The van der Waals surface area contributed by atoms with Crippen molar-refractivity contribution < 1.29 is 14.6 Å². The molecule has 1 amide bonds. The van der Waals surface area contributed by atoms with Gasteiger partial charge in [-0.1, -0.05) is 13.8 Å². The Hall–Kier alpha value is -1.37. The van der Waals surface area contributed by atoms with Crippen LogP contribution in [0.5, 0.6) is 5.88 Å². The monoisotopic (exact) mass is 275 g/mol. The number of aliphatic hydroxyl groups is 1. The number of hydrogen-bond donors (Lipinski definition) is 2. The molecule has 2 atom stereocenters. The first-order valence-corrected chi connectivity index (χ1v) is 6.81. The van der Waals surface area contributed by atoms with Gasteiger partial charge in [0.15, 0.2) is 0 Å². The zero-order valence-electron chi connectivity index (χ0n) is 12.7. The molecule has 20 heavy (non-hydrogen) atoms. The lowest BCUT2D eigenvalue weighted by atomic mass is 9.49. The van der Waals surface area contributed by atoms with Crippen LogP contribution in [0, 0.1) is 5.41 Å². The molecule has 0 spiro atoms. The van der Waals surface area contributed by atoms with E-state index < -0.39 is 0 Å². The fourth-order valence-corrected chi connectivity index (χ4v) is 2.15. The fourth-order valence-electron chi connectivity index (χ4n) is 2.15. The molecule has 9 heteroatoms. The normalized spacial score (nSPS) is 24.8. The summed E-state index contributed by atoms with van der Waals surface area (Å²) in [5.74, 6) is 0.400. The molecule has 0 aliphatic heterocycles. The summed E-state index contributed by atoms with van der Waals surface area (Å²) in [5, 5.41) is 16.6. The molecule has 0 saturated heterocycles. The molecule has 6 nitrogen and oxygen atoms in total. The van der Waals surface area contributed by atoms with Crippen molar-refractivity contribution in [2.24, 2.45) is 5.41 Å². The van der Waals surface area contributed by atoms with Gasteiger partial charge in [-0.3, -0.25) is 9.48 Å². The highest BCUT2D eigenvalue weighted by atomic mass is 16.5. The molecule has 0 radical (unpaired) electrons. The number of anilines is 1. The number of nitrogens with one attached hydrogen (secondary N) is 1. The van der Waals surface area contributed by atoms with E-state index in [1.165, 1.54) is 0 Å². The molecule has 106 valence electrons. The van der Waals surface area contributed by atoms with Gasteiger partial charge in [-0.05, 0) is 5.24 Å². The first-order valence-electron chi connectivity index (χ1n) is 6.81. The Kier molecular flexibility index (Phi) is 3.66. The van der Waals surface area contributed by atoms with Crippen LogP contribution in [0.4, 0.5) is 5.69 Å². The molecule has 2 unspecified atom stereocenters. The van der Waals surface area contributed by atoms with Gasteiger partial charge in [0.2, 0.25) is 6.41 Å². The summed E-state index contributed by atoms with van der Waals surface area (Å²) in [7, 11) is 6.06. The lowest BCUT2D eigenvalue weighted by molar-refractivity contribution is -0.135. The molecular weight excluding hydrogens is 255 g/mol. The Morgan fingerprint density at radius 3 is 2.70 bits per heavy atom. The minimum absolute atomic E-state index is 0.104. The van der Waals surface area contributed by atoms with E-state index in [-0.39, 0.29) is 22.9 Å². The number of carbonyl (C=O) groups is 1. The minimum atomic E-state index is -0.361. The van der Waals surface area contributed by atoms with Crippen molar-refractivity contribution in [2.75, 3.05) is 5.32 Å². The van der Waals surface area contributed by atoms with Gasteiger partial charge in [0.1, 0.15) is 35.3 Å². The Morgan fingerprint density at radius 2 is 2.25 bits per heavy atom. The Bertz CT molecular complexity index is 513. The second-order valence-corrected chi connectivity index (χ2v) is 6.90. The molecule has 1 heterocycles. The summed E-state index contributed by atoms with van der Waals surface area (Å²) in [6.07, 6.45) is 2.48. The van der Waals surface area contributed by atoms with E-state index in [4.69, 9.17) is 4.74 Å². The second-order valence-electron chi connectivity index (χ2n) is 6.90. The van der Waals surface area contributed by atoms with E-state index in [0.29, 0.717) is 24.4 Å². The Labute approximate surface area is 121 Å². The first-order chi connectivity index (χ1) is 9.16. The van der Waals surface area contributed by atoms with Gasteiger partial charge >= 0.3 is 0 Å². The maximum Gasteiger partial charge on any atom is 0.257 e. The third-order valence-electron chi connectivity index (χ3n) is 3.96. The third kappa shape index (κ3) is 2.59. The van der Waals surface area contributed by atoms with Crippen LogP contribution >= 0.6 is 0 Å². The number of hydrogen-bond acceptors (Lipinski definition) is 4. The summed E-state index contributed by atoms with van der Waals surface area (Å²) in [4.78, 5) is 10.7. The SMILES string of the molecule is BC(B)(B)n1cc(NC=O)c(OC2CC(O)C2(C)C)n1. The van der Waals surface area contributed by atoms with E-state index in [1.807, 2.05) is 37.4 Å². The molecule has 0 aromatic carbocycles. The molecule has 2 rings (SSSR count). The van der Waals surface area contributed by atoms with Crippen LogP contribution in [0.25, 0.3) is 0 Å². The van der Waals surface area contributed by atoms with Gasteiger partial charge in [-0.25, -0.2) is 0 Å². The smallest absolute Gasteiger partial charge is 0.257 e. The molecule has 0 bridgehead atoms. The highest BCUT2D eigenvalue weighted by Crippen LogP contribution is 2.43. The summed E-state index contributed by atoms with van der Waals surface area (Å²) < 4.78 is 7.64. The average Bonchev–Trinajstić information content (AvgIpc) is 2.73. The van der Waals surface area contributed by atoms with Crippen molar-refractivity contribution in [1.29, 1.82) is 0 Å². The van der Waals surface area contributed by atoms with Gasteiger partial charge in [0.05, 0.1) is 12.3 Å². The van der Waals surface area contributed by atoms with Crippen LogP contribution in [0.3, 0.4) is 0 Å². The Balaban J connectivity index is 2.22. The zero-order valence-corrected chi connectivity index (χ0v) is 12.7. The maximum absolute atomic E-state index is 10.7. The molecule has 2 N–H and O–H groups in total. The van der Waals surface area contributed by atoms with Crippen LogP contribution in [0.15, 0.2) is 6.20 Å². The van der Waals surface area contributed by atoms with Crippen molar-refractivity contribution in [2.45, 2.75) is 37.7 Å². The lowest BCUT2D eigenvalue weighted by Crippen LogP contribution is -2.56. The van der Waals surface area contributed by atoms with Crippen LogP contribution in [0.2, 0.25) is 0 Å². The number of amides is 1. The van der Waals surface area contributed by atoms with Gasteiger partial charge < -0.3 is 15.2 Å². The van der Waals surface area contributed by atoms with Gasteiger partial charge in [-0.2, -0.15) is 0 Å². The van der Waals surface area contributed by atoms with Crippen LogP contribution in [-0.4, -0.2) is 57.0 Å². The number of carbonyl (C=O) groups excluding carboxylic acids is 1.